The molecule has 1 aliphatic rings. The van der Waals surface area contributed by atoms with E-state index in [0.29, 0.717) is 29.6 Å². The Balaban J connectivity index is 1.95. The smallest absolute Gasteiger partial charge is 0.410 e. The van der Waals surface area contributed by atoms with Gasteiger partial charge in [-0.25, -0.2) is 4.79 Å². The molecule has 4 nitrogen and oxygen atoms in total. The van der Waals surface area contributed by atoms with Gasteiger partial charge in [0.15, 0.2) is 0 Å². The van der Waals surface area contributed by atoms with Crippen LogP contribution in [-0.2, 0) is 11.2 Å². The van der Waals surface area contributed by atoms with E-state index in [4.69, 9.17) is 33.7 Å². The van der Waals surface area contributed by atoms with Crippen LogP contribution in [0.2, 0.25) is 10.0 Å². The molecule has 1 amide bonds. The summed E-state index contributed by atoms with van der Waals surface area (Å²) < 4.78 is 5.41. The van der Waals surface area contributed by atoms with Gasteiger partial charge in [0.2, 0.25) is 0 Å². The second kappa shape index (κ2) is 7.29. The van der Waals surface area contributed by atoms with Crippen LogP contribution in [0.4, 0.5) is 4.79 Å². The van der Waals surface area contributed by atoms with Crippen LogP contribution in [0.1, 0.15) is 32.8 Å². The first-order chi connectivity index (χ1) is 10.7. The molecule has 1 aromatic rings. The third kappa shape index (κ3) is 5.00. The van der Waals surface area contributed by atoms with Crippen molar-refractivity contribution in [2.75, 3.05) is 13.1 Å². The highest BCUT2D eigenvalue weighted by Crippen LogP contribution is 2.29. The average Bonchev–Trinajstić information content (AvgIpc) is 2.91. The van der Waals surface area contributed by atoms with Crippen molar-refractivity contribution < 1.29 is 9.53 Å². The number of nitrogens with zero attached hydrogens (tertiary/aromatic N) is 1. The van der Waals surface area contributed by atoms with Gasteiger partial charge in [0.1, 0.15) is 5.60 Å². The minimum Gasteiger partial charge on any atom is -0.444 e. The van der Waals surface area contributed by atoms with Gasteiger partial charge in [0, 0.05) is 29.2 Å². The molecule has 1 aliphatic heterocycles. The molecule has 0 aromatic heterocycles. The standard InChI is InChI=1S/C17H24Cl2N2O2/c1-17(2,3)23-16(22)21-8-7-11(10-21)15(20)9-12-13(18)5-4-6-14(12)19/h4-6,11,15H,7-10,20H2,1-3H3. The molecule has 0 saturated carbocycles. The van der Waals surface area contributed by atoms with E-state index >= 15 is 0 Å². The number of nitrogens with two attached hydrogens (primary N) is 1. The van der Waals surface area contributed by atoms with Gasteiger partial charge in [-0.3, -0.25) is 0 Å². The number of halogens is 2. The predicted octanol–water partition coefficient (Wildman–Crippen LogP) is 4.12. The molecule has 1 fully saturated rings. The maximum absolute atomic E-state index is 12.1. The minimum absolute atomic E-state index is 0.0974. The first kappa shape index (κ1) is 18.4. The van der Waals surface area contributed by atoms with Crippen molar-refractivity contribution >= 4 is 29.3 Å². The number of amides is 1. The van der Waals surface area contributed by atoms with E-state index in [9.17, 15) is 4.79 Å². The van der Waals surface area contributed by atoms with Crippen molar-refractivity contribution in [3.05, 3.63) is 33.8 Å². The van der Waals surface area contributed by atoms with Gasteiger partial charge in [-0.2, -0.15) is 0 Å². The van der Waals surface area contributed by atoms with Gasteiger partial charge in [-0.05, 0) is 57.2 Å². The van der Waals surface area contributed by atoms with Crippen molar-refractivity contribution in [1.82, 2.24) is 4.90 Å². The summed E-state index contributed by atoms with van der Waals surface area (Å²) in [4.78, 5) is 13.8. The summed E-state index contributed by atoms with van der Waals surface area (Å²) in [5.41, 5.74) is 6.73. The van der Waals surface area contributed by atoms with E-state index in [1.807, 2.05) is 39.0 Å². The Kier molecular flexibility index (Phi) is 5.82. The number of hydrogen-bond acceptors (Lipinski definition) is 3. The fourth-order valence-corrected chi connectivity index (χ4v) is 3.31. The lowest BCUT2D eigenvalue weighted by Crippen LogP contribution is -2.38. The first-order valence-electron chi connectivity index (χ1n) is 7.84. The van der Waals surface area contributed by atoms with Gasteiger partial charge >= 0.3 is 6.09 Å². The zero-order valence-electron chi connectivity index (χ0n) is 13.8. The largest absolute Gasteiger partial charge is 0.444 e. The number of likely N-dealkylation sites (tertiary alicyclic amines) is 1. The molecular formula is C17H24Cl2N2O2. The summed E-state index contributed by atoms with van der Waals surface area (Å²) >= 11 is 12.4. The molecule has 23 heavy (non-hydrogen) atoms. The first-order valence-corrected chi connectivity index (χ1v) is 8.59. The lowest BCUT2D eigenvalue weighted by atomic mass is 9.93. The third-order valence-electron chi connectivity index (χ3n) is 3.98. The maximum atomic E-state index is 12.1. The molecule has 1 aromatic carbocycles. The zero-order valence-corrected chi connectivity index (χ0v) is 15.3. The van der Waals surface area contributed by atoms with E-state index in [2.05, 4.69) is 0 Å². The molecule has 6 heteroatoms. The molecule has 2 rings (SSSR count). The van der Waals surface area contributed by atoms with Crippen molar-refractivity contribution in [2.45, 2.75) is 45.3 Å². The monoisotopic (exact) mass is 358 g/mol. The van der Waals surface area contributed by atoms with Crippen LogP contribution >= 0.6 is 23.2 Å². The minimum atomic E-state index is -0.484. The van der Waals surface area contributed by atoms with Crippen LogP contribution in [0.15, 0.2) is 18.2 Å². The normalized spacial score (nSPS) is 19.7. The number of benzene rings is 1. The summed E-state index contributed by atoms with van der Waals surface area (Å²) in [7, 11) is 0. The lowest BCUT2D eigenvalue weighted by molar-refractivity contribution is 0.0286. The molecule has 1 saturated heterocycles. The number of rotatable bonds is 3. The quantitative estimate of drug-likeness (QED) is 0.883. The summed E-state index contributed by atoms with van der Waals surface area (Å²) in [5, 5.41) is 1.27. The Bertz CT molecular complexity index is 552. The number of carbonyl (C=O) groups is 1. The molecule has 2 unspecified atom stereocenters. The maximum Gasteiger partial charge on any atom is 0.410 e. The van der Waals surface area contributed by atoms with E-state index in [1.165, 1.54) is 0 Å². The predicted molar refractivity (Wildman–Crippen MR) is 94.1 cm³/mol. The topological polar surface area (TPSA) is 55.6 Å². The van der Waals surface area contributed by atoms with E-state index in [-0.39, 0.29) is 18.1 Å². The Labute approximate surface area is 147 Å². The Morgan fingerprint density at radius 1 is 1.39 bits per heavy atom. The number of carbonyl (C=O) groups excluding carboxylic acids is 1. The molecule has 2 N–H and O–H groups in total. The highest BCUT2D eigenvalue weighted by Gasteiger charge is 2.33. The van der Waals surface area contributed by atoms with Gasteiger partial charge in [-0.1, -0.05) is 29.3 Å². The van der Waals surface area contributed by atoms with Crippen LogP contribution in [0.25, 0.3) is 0 Å². The number of ether oxygens (including phenoxy) is 1. The second-order valence-corrected chi connectivity index (χ2v) is 7.86. The van der Waals surface area contributed by atoms with Crippen LogP contribution in [-0.4, -0.2) is 35.7 Å². The van der Waals surface area contributed by atoms with Crippen LogP contribution < -0.4 is 5.73 Å². The molecular weight excluding hydrogens is 335 g/mol. The Hall–Kier alpha value is -0.970. The molecule has 0 bridgehead atoms. The Morgan fingerprint density at radius 3 is 2.57 bits per heavy atom. The fourth-order valence-electron chi connectivity index (χ4n) is 2.76. The average molecular weight is 359 g/mol. The van der Waals surface area contributed by atoms with E-state index in [0.717, 1.165) is 12.0 Å². The van der Waals surface area contributed by atoms with Gasteiger partial charge in [0.25, 0.3) is 0 Å². The summed E-state index contributed by atoms with van der Waals surface area (Å²) in [6, 6.07) is 5.35. The Morgan fingerprint density at radius 2 is 2.00 bits per heavy atom. The van der Waals surface area contributed by atoms with Crippen LogP contribution in [0.3, 0.4) is 0 Å². The highest BCUT2D eigenvalue weighted by molar-refractivity contribution is 6.36. The molecule has 0 radical (unpaired) electrons. The van der Waals surface area contributed by atoms with Crippen molar-refractivity contribution in [2.24, 2.45) is 11.7 Å². The second-order valence-electron chi connectivity index (χ2n) is 7.04. The number of hydrogen-bond donors (Lipinski definition) is 1. The van der Waals surface area contributed by atoms with Gasteiger partial charge in [-0.15, -0.1) is 0 Å². The molecule has 128 valence electrons. The molecule has 1 heterocycles. The molecule has 0 aliphatic carbocycles. The SMILES string of the molecule is CC(C)(C)OC(=O)N1CCC(C(N)Cc2c(Cl)cccc2Cl)C1. The van der Waals surface area contributed by atoms with Crippen LogP contribution in [0.5, 0.6) is 0 Å². The van der Waals surface area contributed by atoms with Gasteiger partial charge in [0.05, 0.1) is 0 Å². The highest BCUT2D eigenvalue weighted by atomic mass is 35.5. The third-order valence-corrected chi connectivity index (χ3v) is 4.69. The van der Waals surface area contributed by atoms with Crippen molar-refractivity contribution in [3.8, 4) is 0 Å². The molecule has 0 spiro atoms. The lowest BCUT2D eigenvalue weighted by Gasteiger charge is -2.25. The van der Waals surface area contributed by atoms with Crippen molar-refractivity contribution in [1.29, 1.82) is 0 Å². The van der Waals surface area contributed by atoms with Gasteiger partial charge < -0.3 is 15.4 Å². The van der Waals surface area contributed by atoms with E-state index in [1.54, 1.807) is 4.90 Å². The van der Waals surface area contributed by atoms with E-state index < -0.39 is 5.60 Å². The zero-order chi connectivity index (χ0) is 17.2. The summed E-state index contributed by atoms with van der Waals surface area (Å²) in [6.45, 7) is 6.87. The summed E-state index contributed by atoms with van der Waals surface area (Å²) in [6.07, 6.45) is 1.19. The van der Waals surface area contributed by atoms with Crippen molar-refractivity contribution in [3.63, 3.8) is 0 Å². The fraction of sp³-hybridized carbons (Fsp3) is 0.588. The van der Waals surface area contributed by atoms with Crippen LogP contribution in [0, 0.1) is 5.92 Å². The summed E-state index contributed by atoms with van der Waals surface area (Å²) in [5.74, 6) is 0.217. The molecule has 2 atom stereocenters.